The second-order valence-corrected chi connectivity index (χ2v) is 5.81. The SMILES string of the molecule is CC1CNCCN1C(=O)CNC(=O)/C=C/c1ccc(C(F)(F)F)cc1.Cl. The Kier molecular flexibility index (Phi) is 8.10. The predicted octanol–water partition coefficient (Wildman–Crippen LogP) is 2.08. The lowest BCUT2D eigenvalue weighted by molar-refractivity contribution is -0.137. The largest absolute Gasteiger partial charge is 0.416 e. The van der Waals surface area contributed by atoms with Gasteiger partial charge in [0.1, 0.15) is 0 Å². The maximum atomic E-state index is 12.5. The second-order valence-electron chi connectivity index (χ2n) is 5.81. The molecule has 144 valence electrons. The molecule has 1 fully saturated rings. The molecule has 1 atom stereocenters. The van der Waals surface area contributed by atoms with E-state index in [1.54, 1.807) is 4.90 Å². The van der Waals surface area contributed by atoms with Crippen LogP contribution in [-0.4, -0.2) is 48.9 Å². The van der Waals surface area contributed by atoms with Crippen molar-refractivity contribution >= 4 is 30.3 Å². The van der Waals surface area contributed by atoms with Crippen molar-refractivity contribution in [2.75, 3.05) is 26.2 Å². The number of nitrogens with one attached hydrogen (secondary N) is 2. The molecule has 0 spiro atoms. The Morgan fingerprint density at radius 3 is 2.54 bits per heavy atom. The number of hydrogen-bond donors (Lipinski definition) is 2. The van der Waals surface area contributed by atoms with E-state index in [0.717, 1.165) is 18.7 Å². The molecule has 5 nitrogen and oxygen atoms in total. The minimum Gasteiger partial charge on any atom is -0.343 e. The fourth-order valence-electron chi connectivity index (χ4n) is 2.49. The van der Waals surface area contributed by atoms with E-state index in [4.69, 9.17) is 0 Å². The van der Waals surface area contributed by atoms with E-state index < -0.39 is 17.6 Å². The molecule has 1 saturated heterocycles. The van der Waals surface area contributed by atoms with Crippen LogP contribution in [0.15, 0.2) is 30.3 Å². The lowest BCUT2D eigenvalue weighted by Crippen LogP contribution is -2.54. The molecule has 26 heavy (non-hydrogen) atoms. The Hall–Kier alpha value is -2.06. The first kappa shape index (κ1) is 22.0. The highest BCUT2D eigenvalue weighted by molar-refractivity contribution is 5.94. The summed E-state index contributed by atoms with van der Waals surface area (Å²) in [6, 6.07) is 4.53. The molecule has 2 amide bonds. The minimum absolute atomic E-state index is 0. The minimum atomic E-state index is -4.39. The fourth-order valence-corrected chi connectivity index (χ4v) is 2.49. The van der Waals surface area contributed by atoms with Gasteiger partial charge >= 0.3 is 6.18 Å². The van der Waals surface area contributed by atoms with E-state index in [2.05, 4.69) is 10.6 Å². The first-order chi connectivity index (χ1) is 11.8. The number of piperazine rings is 1. The van der Waals surface area contributed by atoms with Gasteiger partial charge in [0.25, 0.3) is 0 Å². The second kappa shape index (κ2) is 9.59. The van der Waals surface area contributed by atoms with E-state index >= 15 is 0 Å². The van der Waals surface area contributed by atoms with Crippen LogP contribution in [0.25, 0.3) is 6.08 Å². The summed E-state index contributed by atoms with van der Waals surface area (Å²) in [4.78, 5) is 25.5. The number of carbonyl (C=O) groups excluding carboxylic acids is 2. The van der Waals surface area contributed by atoms with Crippen LogP contribution in [0.4, 0.5) is 13.2 Å². The van der Waals surface area contributed by atoms with Crippen molar-refractivity contribution in [1.29, 1.82) is 0 Å². The van der Waals surface area contributed by atoms with Crippen molar-refractivity contribution in [2.45, 2.75) is 19.1 Å². The number of halogens is 4. The van der Waals surface area contributed by atoms with Crippen LogP contribution in [-0.2, 0) is 15.8 Å². The average molecular weight is 392 g/mol. The molecule has 0 aliphatic carbocycles. The van der Waals surface area contributed by atoms with Gasteiger partial charge in [-0.1, -0.05) is 12.1 Å². The van der Waals surface area contributed by atoms with E-state index in [1.807, 2.05) is 6.92 Å². The van der Waals surface area contributed by atoms with Gasteiger partial charge in [-0.25, -0.2) is 0 Å². The zero-order valence-electron chi connectivity index (χ0n) is 14.2. The Morgan fingerprint density at radius 1 is 1.31 bits per heavy atom. The molecule has 1 unspecified atom stereocenters. The number of nitrogens with zero attached hydrogens (tertiary/aromatic N) is 1. The smallest absolute Gasteiger partial charge is 0.343 e. The number of alkyl halides is 3. The topological polar surface area (TPSA) is 61.4 Å². The van der Waals surface area contributed by atoms with E-state index in [-0.39, 0.29) is 30.9 Å². The third-order valence-corrected chi connectivity index (χ3v) is 3.90. The van der Waals surface area contributed by atoms with E-state index in [0.29, 0.717) is 18.7 Å². The van der Waals surface area contributed by atoms with Crippen LogP contribution in [0.5, 0.6) is 0 Å². The molecule has 0 aromatic heterocycles. The molecule has 0 saturated carbocycles. The first-order valence-electron chi connectivity index (χ1n) is 7.91. The summed E-state index contributed by atoms with van der Waals surface area (Å²) in [7, 11) is 0. The first-order valence-corrected chi connectivity index (χ1v) is 7.91. The van der Waals surface area contributed by atoms with Crippen LogP contribution < -0.4 is 10.6 Å². The zero-order chi connectivity index (χ0) is 18.4. The third-order valence-electron chi connectivity index (χ3n) is 3.90. The highest BCUT2D eigenvalue weighted by atomic mass is 35.5. The standard InChI is InChI=1S/C17H20F3N3O2.ClH/c1-12-10-21-8-9-23(12)16(25)11-22-15(24)7-4-13-2-5-14(6-3-13)17(18,19)20;/h2-7,12,21H,8-11H2,1H3,(H,22,24);1H/b7-4+;. The molecule has 1 heterocycles. The summed E-state index contributed by atoms with van der Waals surface area (Å²) < 4.78 is 37.4. The van der Waals surface area contributed by atoms with Crippen molar-refractivity contribution in [3.63, 3.8) is 0 Å². The van der Waals surface area contributed by atoms with Crippen LogP contribution in [0.1, 0.15) is 18.1 Å². The van der Waals surface area contributed by atoms with Crippen LogP contribution >= 0.6 is 12.4 Å². The number of amides is 2. The normalized spacial score (nSPS) is 17.7. The average Bonchev–Trinajstić information content (AvgIpc) is 2.58. The zero-order valence-corrected chi connectivity index (χ0v) is 15.0. The lowest BCUT2D eigenvalue weighted by Gasteiger charge is -2.34. The molecule has 1 aromatic carbocycles. The van der Waals surface area contributed by atoms with Crippen molar-refractivity contribution in [3.8, 4) is 0 Å². The van der Waals surface area contributed by atoms with Gasteiger partial charge in [0, 0.05) is 31.8 Å². The molecule has 1 aromatic rings. The molecule has 0 bridgehead atoms. The quantitative estimate of drug-likeness (QED) is 0.772. The molecule has 1 aliphatic rings. The maximum Gasteiger partial charge on any atom is 0.416 e. The molecule has 0 radical (unpaired) electrons. The summed E-state index contributed by atoms with van der Waals surface area (Å²) in [5.41, 5.74) is -0.282. The number of carbonyl (C=O) groups is 2. The lowest BCUT2D eigenvalue weighted by atomic mass is 10.1. The van der Waals surface area contributed by atoms with Gasteiger partial charge in [0.2, 0.25) is 11.8 Å². The van der Waals surface area contributed by atoms with Crippen molar-refractivity contribution < 1.29 is 22.8 Å². The van der Waals surface area contributed by atoms with Gasteiger partial charge in [0.05, 0.1) is 12.1 Å². The molecular formula is C17H21ClF3N3O2. The van der Waals surface area contributed by atoms with Gasteiger partial charge in [-0.15, -0.1) is 12.4 Å². The summed E-state index contributed by atoms with van der Waals surface area (Å²) >= 11 is 0. The predicted molar refractivity (Wildman–Crippen MR) is 94.8 cm³/mol. The Morgan fingerprint density at radius 2 is 1.96 bits per heavy atom. The monoisotopic (exact) mass is 391 g/mol. The molecule has 1 aliphatic heterocycles. The summed E-state index contributed by atoms with van der Waals surface area (Å²) in [6.45, 7) is 3.85. The Balaban J connectivity index is 0.00000338. The molecular weight excluding hydrogens is 371 g/mol. The third kappa shape index (κ3) is 6.34. The summed E-state index contributed by atoms with van der Waals surface area (Å²) in [5.74, 6) is -0.638. The number of hydrogen-bond acceptors (Lipinski definition) is 3. The highest BCUT2D eigenvalue weighted by Gasteiger charge is 2.29. The van der Waals surface area contributed by atoms with Gasteiger partial charge in [-0.05, 0) is 30.7 Å². The fraction of sp³-hybridized carbons (Fsp3) is 0.412. The van der Waals surface area contributed by atoms with Crippen molar-refractivity contribution in [3.05, 3.63) is 41.5 Å². The van der Waals surface area contributed by atoms with Gasteiger partial charge in [-0.3, -0.25) is 9.59 Å². The Labute approximate surface area is 156 Å². The Bertz CT molecular complexity index is 648. The number of rotatable bonds is 4. The van der Waals surface area contributed by atoms with E-state index in [1.165, 1.54) is 24.3 Å². The maximum absolute atomic E-state index is 12.5. The molecule has 2 rings (SSSR count). The van der Waals surface area contributed by atoms with Crippen LogP contribution in [0.2, 0.25) is 0 Å². The van der Waals surface area contributed by atoms with Gasteiger partial charge < -0.3 is 15.5 Å². The number of benzene rings is 1. The molecule has 9 heteroatoms. The summed E-state index contributed by atoms with van der Waals surface area (Å²) in [6.07, 6.45) is -1.80. The molecule has 2 N–H and O–H groups in total. The van der Waals surface area contributed by atoms with Gasteiger partial charge in [-0.2, -0.15) is 13.2 Å². The highest BCUT2D eigenvalue weighted by Crippen LogP contribution is 2.29. The van der Waals surface area contributed by atoms with Gasteiger partial charge in [0.15, 0.2) is 0 Å². The van der Waals surface area contributed by atoms with Crippen LogP contribution in [0, 0.1) is 0 Å². The summed E-state index contributed by atoms with van der Waals surface area (Å²) in [5, 5.41) is 5.66. The van der Waals surface area contributed by atoms with E-state index in [9.17, 15) is 22.8 Å². The van der Waals surface area contributed by atoms with Crippen LogP contribution in [0.3, 0.4) is 0 Å². The van der Waals surface area contributed by atoms with Crippen molar-refractivity contribution in [2.24, 2.45) is 0 Å². The van der Waals surface area contributed by atoms with Crippen molar-refractivity contribution in [1.82, 2.24) is 15.5 Å².